The number of halogens is 3. The van der Waals surface area contributed by atoms with Crippen LogP contribution in [-0.2, 0) is 14.8 Å². The summed E-state index contributed by atoms with van der Waals surface area (Å²) < 4.78 is 25.8. The summed E-state index contributed by atoms with van der Waals surface area (Å²) in [6.45, 7) is 1.71. The third-order valence-electron chi connectivity index (χ3n) is 3.57. The number of carbonyl (C=O) groups excluding carboxylic acids is 1. The largest absolute Gasteiger partial charge is 0.324 e. The van der Waals surface area contributed by atoms with E-state index in [-0.39, 0.29) is 17.1 Å². The van der Waals surface area contributed by atoms with E-state index in [2.05, 4.69) is 5.32 Å². The van der Waals surface area contributed by atoms with Gasteiger partial charge >= 0.3 is 0 Å². The summed E-state index contributed by atoms with van der Waals surface area (Å²) in [4.78, 5) is 12.8. The first-order valence-corrected chi connectivity index (χ1v) is 10.6. The molecule has 0 aromatic heterocycles. The average Bonchev–Trinajstić information content (AvgIpc) is 2.53. The van der Waals surface area contributed by atoms with Crippen LogP contribution in [0.25, 0.3) is 0 Å². The van der Waals surface area contributed by atoms with Crippen LogP contribution in [0.15, 0.2) is 42.5 Å². The first-order chi connectivity index (χ1) is 12.1. The SMILES string of the molecule is CC[C@H](C(=O)Nc1cccc(Cl)c1)N(c1cc(Cl)ccc1Cl)S(C)(=O)=O. The van der Waals surface area contributed by atoms with Crippen LogP contribution >= 0.6 is 34.8 Å². The van der Waals surface area contributed by atoms with Crippen LogP contribution in [0.4, 0.5) is 11.4 Å². The number of carbonyl (C=O) groups is 1. The van der Waals surface area contributed by atoms with Crippen molar-refractivity contribution < 1.29 is 13.2 Å². The van der Waals surface area contributed by atoms with E-state index in [4.69, 9.17) is 34.8 Å². The van der Waals surface area contributed by atoms with Gasteiger partial charge in [-0.3, -0.25) is 9.10 Å². The lowest BCUT2D eigenvalue weighted by Crippen LogP contribution is -2.47. The summed E-state index contributed by atoms with van der Waals surface area (Å²) >= 11 is 18.1. The predicted octanol–water partition coefficient (Wildman–Crippen LogP) is 4.83. The van der Waals surface area contributed by atoms with Crippen molar-refractivity contribution in [1.29, 1.82) is 0 Å². The minimum atomic E-state index is -3.81. The Balaban J connectivity index is 2.44. The van der Waals surface area contributed by atoms with Crippen molar-refractivity contribution in [1.82, 2.24) is 0 Å². The number of hydrogen-bond acceptors (Lipinski definition) is 3. The average molecular weight is 436 g/mol. The molecule has 140 valence electrons. The van der Waals surface area contributed by atoms with Gasteiger partial charge in [-0.1, -0.05) is 47.8 Å². The molecule has 0 bridgehead atoms. The zero-order valence-electron chi connectivity index (χ0n) is 14.0. The van der Waals surface area contributed by atoms with Crippen molar-refractivity contribution in [2.45, 2.75) is 19.4 Å². The summed E-state index contributed by atoms with van der Waals surface area (Å²) in [6, 6.07) is 10.0. The minimum Gasteiger partial charge on any atom is -0.324 e. The molecular formula is C17H17Cl3N2O3S. The van der Waals surface area contributed by atoms with Gasteiger partial charge in [-0.05, 0) is 42.8 Å². The second-order valence-corrected chi connectivity index (χ2v) is 8.72. The second-order valence-electron chi connectivity index (χ2n) is 5.58. The van der Waals surface area contributed by atoms with Gasteiger partial charge in [-0.2, -0.15) is 0 Å². The summed E-state index contributed by atoms with van der Waals surface area (Å²) in [7, 11) is -3.81. The van der Waals surface area contributed by atoms with Gasteiger partial charge in [0.1, 0.15) is 6.04 Å². The summed E-state index contributed by atoms with van der Waals surface area (Å²) in [5, 5.41) is 3.62. The standard InChI is InChI=1S/C17H17Cl3N2O3S/c1-3-15(17(23)21-13-6-4-5-11(18)9-13)22(26(2,24)25)16-10-12(19)7-8-14(16)20/h4-10,15H,3H2,1-2H3,(H,21,23)/t15-/m1/s1. The Morgan fingerprint density at radius 1 is 1.12 bits per heavy atom. The van der Waals surface area contributed by atoms with Gasteiger partial charge in [0, 0.05) is 15.7 Å². The van der Waals surface area contributed by atoms with E-state index >= 15 is 0 Å². The van der Waals surface area contributed by atoms with Gasteiger partial charge < -0.3 is 5.32 Å². The number of anilines is 2. The zero-order valence-corrected chi connectivity index (χ0v) is 17.1. The molecule has 1 amide bonds. The van der Waals surface area contributed by atoms with E-state index in [1.165, 1.54) is 12.1 Å². The van der Waals surface area contributed by atoms with Crippen LogP contribution in [0.1, 0.15) is 13.3 Å². The van der Waals surface area contributed by atoms with Gasteiger partial charge in [-0.15, -0.1) is 0 Å². The number of nitrogens with one attached hydrogen (secondary N) is 1. The summed E-state index contributed by atoms with van der Waals surface area (Å²) in [6.07, 6.45) is 1.24. The Hall–Kier alpha value is -1.47. The maximum absolute atomic E-state index is 12.8. The highest BCUT2D eigenvalue weighted by molar-refractivity contribution is 7.92. The third kappa shape index (κ3) is 5.04. The molecule has 1 N–H and O–H groups in total. The number of hydrogen-bond donors (Lipinski definition) is 1. The van der Waals surface area contributed by atoms with E-state index in [1.54, 1.807) is 37.3 Å². The Kier molecular flexibility index (Phi) is 6.80. The highest BCUT2D eigenvalue weighted by atomic mass is 35.5. The monoisotopic (exact) mass is 434 g/mol. The molecule has 0 aliphatic heterocycles. The number of sulfonamides is 1. The molecule has 0 saturated heterocycles. The Morgan fingerprint density at radius 2 is 1.77 bits per heavy atom. The second kappa shape index (κ2) is 8.48. The lowest BCUT2D eigenvalue weighted by Gasteiger charge is -2.30. The molecular weight excluding hydrogens is 419 g/mol. The van der Waals surface area contributed by atoms with Gasteiger partial charge in [0.05, 0.1) is 17.0 Å². The molecule has 2 rings (SSSR count). The van der Waals surface area contributed by atoms with Gasteiger partial charge in [0.25, 0.3) is 0 Å². The number of benzene rings is 2. The van der Waals surface area contributed by atoms with Crippen molar-refractivity contribution in [2.24, 2.45) is 0 Å². The van der Waals surface area contributed by atoms with E-state index < -0.39 is 22.0 Å². The fraction of sp³-hybridized carbons (Fsp3) is 0.235. The maximum Gasteiger partial charge on any atom is 0.248 e. The van der Waals surface area contributed by atoms with Crippen molar-refractivity contribution in [2.75, 3.05) is 15.9 Å². The summed E-state index contributed by atoms with van der Waals surface area (Å²) in [5.74, 6) is -0.503. The van der Waals surface area contributed by atoms with Crippen LogP contribution in [0.3, 0.4) is 0 Å². The number of amides is 1. The molecule has 0 radical (unpaired) electrons. The van der Waals surface area contributed by atoms with Crippen LogP contribution in [0.2, 0.25) is 15.1 Å². The van der Waals surface area contributed by atoms with Gasteiger partial charge in [0.2, 0.25) is 15.9 Å². The third-order valence-corrected chi connectivity index (χ3v) is 5.52. The Morgan fingerprint density at radius 3 is 2.35 bits per heavy atom. The fourth-order valence-electron chi connectivity index (χ4n) is 2.48. The minimum absolute atomic E-state index is 0.148. The molecule has 2 aromatic rings. The van der Waals surface area contributed by atoms with Crippen molar-refractivity contribution >= 4 is 62.1 Å². The quantitative estimate of drug-likeness (QED) is 0.706. The van der Waals surface area contributed by atoms with E-state index in [9.17, 15) is 13.2 Å². The highest BCUT2D eigenvalue weighted by Gasteiger charge is 2.33. The van der Waals surface area contributed by atoms with E-state index in [1.807, 2.05) is 0 Å². The molecule has 1 atom stereocenters. The van der Waals surface area contributed by atoms with Crippen molar-refractivity contribution in [3.05, 3.63) is 57.5 Å². The molecule has 0 saturated carbocycles. The molecule has 0 heterocycles. The predicted molar refractivity (Wildman–Crippen MR) is 108 cm³/mol. The first-order valence-electron chi connectivity index (χ1n) is 7.64. The molecule has 0 spiro atoms. The lowest BCUT2D eigenvalue weighted by molar-refractivity contribution is -0.117. The molecule has 0 aliphatic carbocycles. The van der Waals surface area contributed by atoms with Crippen molar-refractivity contribution in [3.63, 3.8) is 0 Å². The van der Waals surface area contributed by atoms with Gasteiger partial charge in [0.15, 0.2) is 0 Å². The smallest absolute Gasteiger partial charge is 0.248 e. The molecule has 9 heteroatoms. The number of rotatable bonds is 6. The topological polar surface area (TPSA) is 66.5 Å². The number of nitrogens with zero attached hydrogens (tertiary/aromatic N) is 1. The Bertz CT molecular complexity index is 919. The van der Waals surface area contributed by atoms with E-state index in [0.717, 1.165) is 10.6 Å². The Labute approximate surface area is 167 Å². The molecule has 2 aromatic carbocycles. The molecule has 0 aliphatic rings. The fourth-order valence-corrected chi connectivity index (χ4v) is 4.31. The first kappa shape index (κ1) is 20.8. The van der Waals surface area contributed by atoms with Crippen LogP contribution in [-0.4, -0.2) is 26.6 Å². The molecule has 26 heavy (non-hydrogen) atoms. The zero-order chi connectivity index (χ0) is 19.5. The molecule has 0 unspecified atom stereocenters. The highest BCUT2D eigenvalue weighted by Crippen LogP contribution is 2.33. The van der Waals surface area contributed by atoms with Gasteiger partial charge in [-0.25, -0.2) is 8.42 Å². The lowest BCUT2D eigenvalue weighted by atomic mass is 10.1. The van der Waals surface area contributed by atoms with Crippen molar-refractivity contribution in [3.8, 4) is 0 Å². The van der Waals surface area contributed by atoms with Crippen LogP contribution < -0.4 is 9.62 Å². The molecule has 5 nitrogen and oxygen atoms in total. The van der Waals surface area contributed by atoms with Crippen LogP contribution in [0, 0.1) is 0 Å². The normalized spacial score (nSPS) is 12.5. The maximum atomic E-state index is 12.8. The summed E-state index contributed by atoms with van der Waals surface area (Å²) in [5.41, 5.74) is 0.612. The van der Waals surface area contributed by atoms with E-state index in [0.29, 0.717) is 15.7 Å². The van der Waals surface area contributed by atoms with Crippen LogP contribution in [0.5, 0.6) is 0 Å². The molecule has 0 fully saturated rings.